The largest absolute Gasteiger partial charge is 0.331 e. The van der Waals surface area contributed by atoms with Crippen molar-refractivity contribution in [2.45, 2.75) is 32.4 Å². The number of fused-ring (bicyclic) bond motifs is 3. The number of hydrogen-bond donors (Lipinski definition) is 0. The van der Waals surface area contributed by atoms with Gasteiger partial charge in [-0.1, -0.05) is 0 Å². The maximum absolute atomic E-state index is 13.6. The summed E-state index contributed by atoms with van der Waals surface area (Å²) in [4.78, 5) is 14.1. The Morgan fingerprint density at radius 1 is 1.21 bits per heavy atom. The molecule has 0 atom stereocenters. The first kappa shape index (κ1) is 15.1. The minimum Gasteiger partial charge on any atom is -0.331 e. The zero-order chi connectivity index (χ0) is 16.7. The van der Waals surface area contributed by atoms with Gasteiger partial charge in [0.15, 0.2) is 0 Å². The zero-order valence-electron chi connectivity index (χ0n) is 13.1. The summed E-state index contributed by atoms with van der Waals surface area (Å²) in [5.41, 5.74) is 3.64. The molecule has 0 unspecified atom stereocenters. The second kappa shape index (κ2) is 5.85. The molecule has 1 amide bonds. The highest BCUT2D eigenvalue weighted by atomic mass is 19.1. The summed E-state index contributed by atoms with van der Waals surface area (Å²) < 4.78 is 28.8. The van der Waals surface area contributed by atoms with Crippen LogP contribution >= 0.6 is 0 Å². The van der Waals surface area contributed by atoms with Crippen LogP contribution in [0.15, 0.2) is 24.3 Å². The van der Waals surface area contributed by atoms with E-state index in [1.54, 1.807) is 4.90 Å². The molecule has 2 aliphatic rings. The number of aryl methyl sites for hydroxylation is 1. The molecule has 0 saturated carbocycles. The van der Waals surface area contributed by atoms with Crippen LogP contribution < -0.4 is 0 Å². The van der Waals surface area contributed by atoms with Crippen molar-refractivity contribution in [2.75, 3.05) is 6.54 Å². The van der Waals surface area contributed by atoms with E-state index in [0.29, 0.717) is 19.6 Å². The molecule has 4 nitrogen and oxygen atoms in total. The first-order chi connectivity index (χ1) is 11.6. The quantitative estimate of drug-likeness (QED) is 0.795. The summed E-state index contributed by atoms with van der Waals surface area (Å²) >= 11 is 0. The fourth-order valence-electron chi connectivity index (χ4n) is 3.45. The third-order valence-corrected chi connectivity index (χ3v) is 4.69. The average molecular weight is 329 g/mol. The van der Waals surface area contributed by atoms with Crippen molar-refractivity contribution in [3.8, 4) is 0 Å². The molecule has 4 rings (SSSR count). The van der Waals surface area contributed by atoms with E-state index < -0.39 is 11.6 Å². The van der Waals surface area contributed by atoms with Gasteiger partial charge in [-0.25, -0.2) is 8.78 Å². The summed E-state index contributed by atoms with van der Waals surface area (Å²) in [6.45, 7) is 1.77. The van der Waals surface area contributed by atoms with Gasteiger partial charge in [0.1, 0.15) is 11.6 Å². The van der Waals surface area contributed by atoms with Crippen molar-refractivity contribution in [1.29, 1.82) is 0 Å². The molecule has 1 aromatic heterocycles. The lowest BCUT2D eigenvalue weighted by Gasteiger charge is -2.27. The Morgan fingerprint density at radius 3 is 2.96 bits per heavy atom. The highest BCUT2D eigenvalue weighted by Crippen LogP contribution is 2.27. The van der Waals surface area contributed by atoms with Crippen LogP contribution in [0.4, 0.5) is 8.78 Å². The number of carbonyl (C=O) groups is 1. The lowest BCUT2D eigenvalue weighted by atomic mass is 10.1. The molecule has 0 fully saturated rings. The molecule has 0 spiro atoms. The van der Waals surface area contributed by atoms with Crippen molar-refractivity contribution in [2.24, 2.45) is 0 Å². The zero-order valence-corrected chi connectivity index (χ0v) is 13.1. The average Bonchev–Trinajstić information content (AvgIpc) is 3.16. The van der Waals surface area contributed by atoms with E-state index in [4.69, 9.17) is 0 Å². The lowest BCUT2D eigenvalue weighted by molar-refractivity contribution is -0.127. The smallest absolute Gasteiger partial charge is 0.246 e. The fourth-order valence-corrected chi connectivity index (χ4v) is 3.45. The van der Waals surface area contributed by atoms with E-state index in [-0.39, 0.29) is 11.5 Å². The van der Waals surface area contributed by atoms with Crippen LogP contribution in [-0.4, -0.2) is 27.1 Å². The van der Waals surface area contributed by atoms with E-state index in [0.717, 1.165) is 48.8 Å². The molecule has 0 saturated heterocycles. The maximum Gasteiger partial charge on any atom is 0.246 e. The molecular formula is C18H17F2N3O. The highest BCUT2D eigenvalue weighted by Gasteiger charge is 2.27. The second-order valence-electron chi connectivity index (χ2n) is 6.21. The number of nitrogens with zero attached hydrogens (tertiary/aromatic N) is 3. The van der Waals surface area contributed by atoms with Crippen LogP contribution in [0.5, 0.6) is 0 Å². The molecule has 0 radical (unpaired) electrons. The van der Waals surface area contributed by atoms with Crippen LogP contribution in [-0.2, 0) is 30.7 Å². The van der Waals surface area contributed by atoms with Crippen LogP contribution in [0, 0.1) is 11.6 Å². The molecule has 6 heteroatoms. The van der Waals surface area contributed by atoms with Gasteiger partial charge in [-0.2, -0.15) is 5.10 Å². The molecule has 0 bridgehead atoms. The van der Waals surface area contributed by atoms with E-state index >= 15 is 0 Å². The van der Waals surface area contributed by atoms with E-state index in [2.05, 4.69) is 5.10 Å². The van der Waals surface area contributed by atoms with Crippen molar-refractivity contribution in [1.82, 2.24) is 14.7 Å². The van der Waals surface area contributed by atoms with Gasteiger partial charge in [-0.15, -0.1) is 0 Å². The SMILES string of the molecule is O=C(C=Cc1cc(F)ccc1F)N1CCn2nc3c(c2C1)CCC3. The van der Waals surface area contributed by atoms with Gasteiger partial charge in [0.05, 0.1) is 24.5 Å². The molecule has 1 aliphatic heterocycles. The number of halogens is 2. The molecule has 1 aromatic carbocycles. The van der Waals surface area contributed by atoms with Crippen molar-refractivity contribution < 1.29 is 13.6 Å². The Bertz CT molecular complexity index is 841. The number of hydrogen-bond acceptors (Lipinski definition) is 2. The summed E-state index contributed by atoms with van der Waals surface area (Å²) in [7, 11) is 0. The number of aromatic nitrogens is 2. The third-order valence-electron chi connectivity index (χ3n) is 4.69. The maximum atomic E-state index is 13.6. The van der Waals surface area contributed by atoms with Crippen molar-refractivity contribution >= 4 is 12.0 Å². The molecular weight excluding hydrogens is 312 g/mol. The predicted molar refractivity (Wildman–Crippen MR) is 85.1 cm³/mol. The van der Waals surface area contributed by atoms with Crippen LogP contribution in [0.3, 0.4) is 0 Å². The molecule has 0 N–H and O–H groups in total. The van der Waals surface area contributed by atoms with Crippen LogP contribution in [0.25, 0.3) is 6.08 Å². The number of carbonyl (C=O) groups excluding carboxylic acids is 1. The first-order valence-electron chi connectivity index (χ1n) is 8.11. The minimum atomic E-state index is -0.546. The Kier molecular flexibility index (Phi) is 3.67. The van der Waals surface area contributed by atoms with Crippen molar-refractivity contribution in [3.05, 3.63) is 58.4 Å². The Labute approximate surface area is 138 Å². The predicted octanol–water partition coefficient (Wildman–Crippen LogP) is 2.71. The fraction of sp³-hybridized carbons (Fsp3) is 0.333. The van der Waals surface area contributed by atoms with Gasteiger partial charge in [0.2, 0.25) is 5.91 Å². The van der Waals surface area contributed by atoms with Gasteiger partial charge in [-0.05, 0) is 49.1 Å². The molecule has 2 heterocycles. The molecule has 24 heavy (non-hydrogen) atoms. The summed E-state index contributed by atoms with van der Waals surface area (Å²) in [5, 5.41) is 4.61. The molecule has 2 aromatic rings. The first-order valence-corrected chi connectivity index (χ1v) is 8.11. The summed E-state index contributed by atoms with van der Waals surface area (Å²) in [5.74, 6) is -1.27. The van der Waals surface area contributed by atoms with Gasteiger partial charge in [0.25, 0.3) is 0 Å². The molecule has 1 aliphatic carbocycles. The lowest BCUT2D eigenvalue weighted by Crippen LogP contribution is -2.37. The summed E-state index contributed by atoms with van der Waals surface area (Å²) in [6, 6.07) is 3.19. The molecule has 124 valence electrons. The number of amides is 1. The van der Waals surface area contributed by atoms with Gasteiger partial charge in [0, 0.05) is 18.2 Å². The van der Waals surface area contributed by atoms with Gasteiger partial charge < -0.3 is 4.90 Å². The Hall–Kier alpha value is -2.50. The number of rotatable bonds is 2. The third kappa shape index (κ3) is 2.62. The topological polar surface area (TPSA) is 38.1 Å². The van der Waals surface area contributed by atoms with E-state index in [1.807, 2.05) is 4.68 Å². The van der Waals surface area contributed by atoms with E-state index in [1.165, 1.54) is 17.7 Å². The van der Waals surface area contributed by atoms with Crippen LogP contribution in [0.1, 0.15) is 28.9 Å². The standard InChI is InChI=1S/C18H17F2N3O/c19-13-5-6-15(20)12(10-13)4-7-18(24)22-8-9-23-17(11-22)14-2-1-3-16(14)21-23/h4-7,10H,1-3,8-9,11H2. The summed E-state index contributed by atoms with van der Waals surface area (Å²) in [6.07, 6.45) is 5.80. The highest BCUT2D eigenvalue weighted by molar-refractivity contribution is 5.91. The second-order valence-corrected chi connectivity index (χ2v) is 6.21. The normalized spacial score (nSPS) is 16.5. The minimum absolute atomic E-state index is 0.0753. The van der Waals surface area contributed by atoms with E-state index in [9.17, 15) is 13.6 Å². The van der Waals surface area contributed by atoms with Crippen LogP contribution in [0.2, 0.25) is 0 Å². The van der Waals surface area contributed by atoms with Crippen molar-refractivity contribution in [3.63, 3.8) is 0 Å². The Balaban J connectivity index is 1.51. The monoisotopic (exact) mass is 329 g/mol. The number of benzene rings is 1. The van der Waals surface area contributed by atoms with Gasteiger partial charge >= 0.3 is 0 Å². The Morgan fingerprint density at radius 2 is 2.08 bits per heavy atom. The van der Waals surface area contributed by atoms with Gasteiger partial charge in [-0.3, -0.25) is 9.48 Å².